The molecule has 0 spiro atoms. The van der Waals surface area contributed by atoms with Gasteiger partial charge in [0.25, 0.3) is 5.91 Å². The SMILES string of the molecule is Cc1c(C(=O)NC2CCOCC2)cc(-c2ccc(S(=O)(=O)NC(C)(C)C)c(C(F)(F)F)c2)n1CC1COC1. The van der Waals surface area contributed by atoms with Crippen molar-refractivity contribution in [3.05, 3.63) is 41.1 Å². The van der Waals surface area contributed by atoms with Crippen molar-refractivity contribution in [2.24, 2.45) is 5.92 Å². The number of nitrogens with zero attached hydrogens (tertiary/aromatic N) is 1. The lowest BCUT2D eigenvalue weighted by molar-refractivity contribution is -0.139. The molecular weight excluding hydrogens is 523 g/mol. The molecule has 1 amide bonds. The van der Waals surface area contributed by atoms with Gasteiger partial charge >= 0.3 is 6.18 Å². The molecule has 1 aromatic heterocycles. The van der Waals surface area contributed by atoms with Gasteiger partial charge < -0.3 is 19.4 Å². The Morgan fingerprint density at radius 2 is 1.74 bits per heavy atom. The largest absolute Gasteiger partial charge is 0.417 e. The highest BCUT2D eigenvalue weighted by atomic mass is 32.2. The summed E-state index contributed by atoms with van der Waals surface area (Å²) >= 11 is 0. The molecule has 38 heavy (non-hydrogen) atoms. The molecule has 2 aromatic rings. The molecule has 8 nitrogen and oxygen atoms in total. The topological polar surface area (TPSA) is 98.7 Å². The van der Waals surface area contributed by atoms with E-state index in [0.717, 1.165) is 12.1 Å². The maximum atomic E-state index is 14.2. The highest BCUT2D eigenvalue weighted by molar-refractivity contribution is 7.89. The van der Waals surface area contributed by atoms with Gasteiger partial charge in [-0.25, -0.2) is 13.1 Å². The van der Waals surface area contributed by atoms with Gasteiger partial charge in [0.15, 0.2) is 0 Å². The van der Waals surface area contributed by atoms with Crippen LogP contribution in [0.1, 0.15) is 55.2 Å². The molecule has 2 aliphatic heterocycles. The minimum absolute atomic E-state index is 0.0425. The number of ether oxygens (including phenoxy) is 2. The van der Waals surface area contributed by atoms with E-state index >= 15 is 0 Å². The van der Waals surface area contributed by atoms with Crippen molar-refractivity contribution < 1.29 is 35.9 Å². The van der Waals surface area contributed by atoms with Gasteiger partial charge in [-0.1, -0.05) is 6.07 Å². The fourth-order valence-corrected chi connectivity index (χ4v) is 6.33. The van der Waals surface area contributed by atoms with Crippen molar-refractivity contribution in [1.29, 1.82) is 0 Å². The minimum Gasteiger partial charge on any atom is -0.381 e. The van der Waals surface area contributed by atoms with E-state index < -0.39 is 32.2 Å². The summed E-state index contributed by atoms with van der Waals surface area (Å²) in [4.78, 5) is 12.3. The van der Waals surface area contributed by atoms with Crippen molar-refractivity contribution >= 4 is 15.9 Å². The van der Waals surface area contributed by atoms with Gasteiger partial charge in [-0.3, -0.25) is 4.79 Å². The smallest absolute Gasteiger partial charge is 0.381 e. The predicted octanol–water partition coefficient (Wildman–Crippen LogP) is 4.11. The maximum absolute atomic E-state index is 14.2. The lowest BCUT2D eigenvalue weighted by Crippen LogP contribution is -2.41. The molecule has 0 radical (unpaired) electrons. The summed E-state index contributed by atoms with van der Waals surface area (Å²) in [5.74, 6) is -0.146. The first-order valence-corrected chi connectivity index (χ1v) is 14.1. The van der Waals surface area contributed by atoms with E-state index in [1.807, 2.05) is 4.57 Å². The second-order valence-corrected chi connectivity index (χ2v) is 12.6. The highest BCUT2D eigenvalue weighted by Gasteiger charge is 2.39. The number of amides is 1. The van der Waals surface area contributed by atoms with Crippen molar-refractivity contribution in [2.75, 3.05) is 26.4 Å². The average molecular weight is 558 g/mol. The zero-order chi connectivity index (χ0) is 27.9. The molecule has 2 fully saturated rings. The van der Waals surface area contributed by atoms with Crippen LogP contribution in [0.2, 0.25) is 0 Å². The van der Waals surface area contributed by atoms with E-state index in [1.165, 1.54) is 6.07 Å². The zero-order valence-electron chi connectivity index (χ0n) is 21.9. The first-order chi connectivity index (χ1) is 17.7. The number of rotatable bonds is 7. The van der Waals surface area contributed by atoms with E-state index in [2.05, 4.69) is 10.0 Å². The summed E-state index contributed by atoms with van der Waals surface area (Å²) in [5.41, 5.74) is -0.672. The fraction of sp³-hybridized carbons (Fsp3) is 0.577. The number of benzene rings is 1. The molecule has 0 bridgehead atoms. The van der Waals surface area contributed by atoms with Crippen LogP contribution in [-0.2, 0) is 32.2 Å². The van der Waals surface area contributed by atoms with Crippen molar-refractivity contribution in [2.45, 2.75) is 69.7 Å². The Labute approximate surface area is 220 Å². The number of nitrogens with one attached hydrogen (secondary N) is 2. The molecule has 0 aliphatic carbocycles. The highest BCUT2D eigenvalue weighted by Crippen LogP contribution is 2.38. The van der Waals surface area contributed by atoms with Crippen LogP contribution in [-0.4, -0.2) is 56.9 Å². The lowest BCUT2D eigenvalue weighted by Gasteiger charge is -2.28. The molecule has 4 rings (SSSR count). The Morgan fingerprint density at radius 3 is 2.29 bits per heavy atom. The summed E-state index contributed by atoms with van der Waals surface area (Å²) in [5, 5.41) is 3.01. The van der Waals surface area contributed by atoms with Crippen LogP contribution in [0.15, 0.2) is 29.2 Å². The molecule has 0 saturated carbocycles. The van der Waals surface area contributed by atoms with Crippen LogP contribution in [0, 0.1) is 12.8 Å². The Kier molecular flexibility index (Phi) is 8.00. The molecule has 2 aliphatic rings. The number of carbonyl (C=O) groups is 1. The van der Waals surface area contributed by atoms with Crippen molar-refractivity contribution in [3.8, 4) is 11.3 Å². The summed E-state index contributed by atoms with van der Waals surface area (Å²) in [6, 6.07) is 4.72. The maximum Gasteiger partial charge on any atom is 0.417 e. The summed E-state index contributed by atoms with van der Waals surface area (Å²) in [6.07, 6.45) is -3.55. The van der Waals surface area contributed by atoms with Crippen molar-refractivity contribution in [1.82, 2.24) is 14.6 Å². The molecule has 1 aromatic carbocycles. The summed E-state index contributed by atoms with van der Waals surface area (Å²) < 4.78 is 83.0. The van der Waals surface area contributed by atoms with E-state index in [9.17, 15) is 26.4 Å². The fourth-order valence-electron chi connectivity index (χ4n) is 4.71. The van der Waals surface area contributed by atoms with Crippen LogP contribution in [0.3, 0.4) is 0 Å². The Morgan fingerprint density at radius 1 is 1.08 bits per heavy atom. The van der Waals surface area contributed by atoms with E-state index in [1.54, 1.807) is 33.8 Å². The van der Waals surface area contributed by atoms with Crippen LogP contribution in [0.4, 0.5) is 13.2 Å². The third-order valence-corrected chi connectivity index (χ3v) is 8.44. The van der Waals surface area contributed by atoms with Crippen LogP contribution >= 0.6 is 0 Å². The van der Waals surface area contributed by atoms with Gasteiger partial charge in [-0.2, -0.15) is 13.2 Å². The Balaban J connectivity index is 1.77. The summed E-state index contributed by atoms with van der Waals surface area (Å²) in [6.45, 7) is 9.03. The predicted molar refractivity (Wildman–Crippen MR) is 135 cm³/mol. The molecule has 2 saturated heterocycles. The molecule has 3 heterocycles. The minimum atomic E-state index is -4.92. The number of aromatic nitrogens is 1. The molecular formula is C26H34F3N3O5S. The summed E-state index contributed by atoms with van der Waals surface area (Å²) in [7, 11) is -4.46. The van der Waals surface area contributed by atoms with Gasteiger partial charge in [-0.15, -0.1) is 0 Å². The van der Waals surface area contributed by atoms with Crippen LogP contribution in [0.25, 0.3) is 11.3 Å². The Bertz CT molecular complexity index is 1290. The normalized spacial score (nSPS) is 17.9. The number of hydrogen-bond acceptors (Lipinski definition) is 5. The number of sulfonamides is 1. The van der Waals surface area contributed by atoms with Crippen LogP contribution < -0.4 is 10.0 Å². The molecule has 0 atom stereocenters. The quantitative estimate of drug-likeness (QED) is 0.534. The number of alkyl halides is 3. The average Bonchev–Trinajstić information content (AvgIpc) is 3.10. The molecule has 0 unspecified atom stereocenters. The third-order valence-electron chi connectivity index (χ3n) is 6.63. The zero-order valence-corrected chi connectivity index (χ0v) is 22.8. The monoisotopic (exact) mass is 557 g/mol. The third kappa shape index (κ3) is 6.41. The molecule has 210 valence electrons. The van der Waals surface area contributed by atoms with Gasteiger partial charge in [0.05, 0.1) is 29.2 Å². The van der Waals surface area contributed by atoms with Crippen LogP contribution in [0.5, 0.6) is 0 Å². The second-order valence-electron chi connectivity index (χ2n) is 11.0. The van der Waals surface area contributed by atoms with Crippen molar-refractivity contribution in [3.63, 3.8) is 0 Å². The van der Waals surface area contributed by atoms with E-state index in [4.69, 9.17) is 9.47 Å². The first-order valence-electron chi connectivity index (χ1n) is 12.6. The van der Waals surface area contributed by atoms with E-state index in [-0.39, 0.29) is 23.4 Å². The number of halogens is 3. The van der Waals surface area contributed by atoms with Gasteiger partial charge in [0.1, 0.15) is 0 Å². The van der Waals surface area contributed by atoms with Gasteiger partial charge in [0, 0.05) is 48.6 Å². The number of hydrogen-bond donors (Lipinski definition) is 2. The number of carbonyl (C=O) groups excluding carboxylic acids is 1. The van der Waals surface area contributed by atoms with Gasteiger partial charge in [0.2, 0.25) is 10.0 Å². The lowest BCUT2D eigenvalue weighted by atomic mass is 10.1. The first kappa shape index (κ1) is 28.6. The standard InChI is InChI=1S/C26H34F3N3O5S/c1-16-20(24(33)30-19-7-9-36-10-8-19)12-22(32(16)13-17-14-37-15-17)18-5-6-23(21(11-18)26(27,28)29)38(34,35)31-25(2,3)4/h5-6,11-12,17,19,31H,7-10,13-15H2,1-4H3,(H,30,33). The Hall–Kier alpha value is -2.41. The molecule has 2 N–H and O–H groups in total. The molecule has 12 heteroatoms. The van der Waals surface area contributed by atoms with E-state index in [0.29, 0.717) is 62.8 Å². The second kappa shape index (κ2) is 10.6. The van der Waals surface area contributed by atoms with Gasteiger partial charge in [-0.05, 0) is 64.3 Å².